The first-order valence-corrected chi connectivity index (χ1v) is 8.65. The molecular weight excluding hydrogens is 234 g/mol. The summed E-state index contributed by atoms with van der Waals surface area (Å²) < 4.78 is 6.40. The molecule has 2 aliphatic rings. The van der Waals surface area contributed by atoms with E-state index in [2.05, 4.69) is 19.2 Å². The summed E-state index contributed by atoms with van der Waals surface area (Å²) in [5.74, 6) is 0. The van der Waals surface area contributed by atoms with Crippen LogP contribution in [0.1, 0.15) is 84.5 Å². The maximum atomic E-state index is 6.40. The molecule has 2 heteroatoms. The van der Waals surface area contributed by atoms with Crippen molar-refractivity contribution in [2.45, 2.75) is 102 Å². The highest BCUT2D eigenvalue weighted by atomic mass is 16.5. The van der Waals surface area contributed by atoms with Crippen LogP contribution < -0.4 is 5.32 Å². The van der Waals surface area contributed by atoms with Gasteiger partial charge in [-0.25, -0.2) is 0 Å². The zero-order valence-electron chi connectivity index (χ0n) is 13.0. The fourth-order valence-corrected chi connectivity index (χ4v) is 3.74. The first-order valence-electron chi connectivity index (χ1n) is 8.65. The van der Waals surface area contributed by atoms with Gasteiger partial charge in [0.1, 0.15) is 0 Å². The lowest BCUT2D eigenvalue weighted by Crippen LogP contribution is -2.37. The normalized spacial score (nSPS) is 27.8. The van der Waals surface area contributed by atoms with E-state index in [0.717, 1.165) is 6.54 Å². The van der Waals surface area contributed by atoms with Gasteiger partial charge in [-0.2, -0.15) is 0 Å². The minimum absolute atomic E-state index is 0.288. The molecule has 1 saturated carbocycles. The highest BCUT2D eigenvalue weighted by Gasteiger charge is 2.40. The van der Waals surface area contributed by atoms with Crippen LogP contribution in [0.15, 0.2) is 0 Å². The van der Waals surface area contributed by atoms with Gasteiger partial charge >= 0.3 is 0 Å². The minimum Gasteiger partial charge on any atom is -0.370 e. The molecule has 2 atom stereocenters. The molecule has 2 nitrogen and oxygen atoms in total. The number of hydrogen-bond acceptors (Lipinski definition) is 2. The fraction of sp³-hybridized carbons (Fsp3) is 1.00. The van der Waals surface area contributed by atoms with Crippen molar-refractivity contribution < 1.29 is 4.74 Å². The molecule has 0 bridgehead atoms. The third kappa shape index (κ3) is 4.75. The van der Waals surface area contributed by atoms with Crippen molar-refractivity contribution >= 4 is 0 Å². The lowest BCUT2D eigenvalue weighted by atomic mass is 9.83. The van der Waals surface area contributed by atoms with Crippen LogP contribution in [0.25, 0.3) is 0 Å². The highest BCUT2D eigenvalue weighted by Crippen LogP contribution is 2.41. The van der Waals surface area contributed by atoms with Gasteiger partial charge in [0.25, 0.3) is 0 Å². The first kappa shape index (κ1) is 15.3. The van der Waals surface area contributed by atoms with Crippen LogP contribution >= 0.6 is 0 Å². The topological polar surface area (TPSA) is 21.3 Å². The molecule has 1 spiro atoms. The van der Waals surface area contributed by atoms with Gasteiger partial charge in [0, 0.05) is 12.6 Å². The summed E-state index contributed by atoms with van der Waals surface area (Å²) in [6.45, 7) is 5.66. The van der Waals surface area contributed by atoms with Crippen LogP contribution in [0.4, 0.5) is 0 Å². The second kappa shape index (κ2) is 7.64. The van der Waals surface area contributed by atoms with Gasteiger partial charge in [-0.1, -0.05) is 45.4 Å². The van der Waals surface area contributed by atoms with Crippen molar-refractivity contribution in [1.29, 1.82) is 0 Å². The summed E-state index contributed by atoms with van der Waals surface area (Å²) in [5, 5.41) is 3.68. The van der Waals surface area contributed by atoms with Gasteiger partial charge < -0.3 is 10.1 Å². The second-order valence-electron chi connectivity index (χ2n) is 6.83. The van der Waals surface area contributed by atoms with Crippen molar-refractivity contribution in [3.63, 3.8) is 0 Å². The summed E-state index contributed by atoms with van der Waals surface area (Å²) in [5.41, 5.74) is 0.288. The molecule has 19 heavy (non-hydrogen) atoms. The Morgan fingerprint density at radius 1 is 1.16 bits per heavy atom. The van der Waals surface area contributed by atoms with Crippen LogP contribution in [0.3, 0.4) is 0 Å². The van der Waals surface area contributed by atoms with E-state index in [0.29, 0.717) is 12.1 Å². The molecular formula is C17H33NO. The van der Waals surface area contributed by atoms with Gasteiger partial charge in [0.2, 0.25) is 0 Å². The van der Waals surface area contributed by atoms with Gasteiger partial charge in [0.15, 0.2) is 0 Å². The van der Waals surface area contributed by atoms with Crippen LogP contribution in [0.2, 0.25) is 0 Å². The SMILES string of the molecule is CCCCCC(C)NCC1CCC2(CCCCC2)O1. The molecule has 0 aromatic rings. The zero-order chi connectivity index (χ0) is 13.6. The maximum absolute atomic E-state index is 6.40. The van der Waals surface area contributed by atoms with Crippen LogP contribution in [0, 0.1) is 0 Å². The van der Waals surface area contributed by atoms with Gasteiger partial charge in [-0.15, -0.1) is 0 Å². The molecule has 0 radical (unpaired) electrons. The van der Waals surface area contributed by atoms with E-state index < -0.39 is 0 Å². The third-order valence-electron chi connectivity index (χ3n) is 5.04. The van der Waals surface area contributed by atoms with Crippen molar-refractivity contribution in [3.8, 4) is 0 Å². The molecule has 1 heterocycles. The zero-order valence-corrected chi connectivity index (χ0v) is 13.0. The summed E-state index contributed by atoms with van der Waals surface area (Å²) >= 11 is 0. The Labute approximate surface area is 119 Å². The molecule has 2 fully saturated rings. The van der Waals surface area contributed by atoms with Crippen molar-refractivity contribution in [1.82, 2.24) is 5.32 Å². The van der Waals surface area contributed by atoms with E-state index in [1.807, 2.05) is 0 Å². The average Bonchev–Trinajstić information content (AvgIpc) is 2.81. The summed E-state index contributed by atoms with van der Waals surface area (Å²) in [7, 11) is 0. The van der Waals surface area contributed by atoms with Gasteiger partial charge in [-0.3, -0.25) is 0 Å². The van der Waals surface area contributed by atoms with Crippen molar-refractivity contribution in [2.75, 3.05) is 6.54 Å². The van der Waals surface area contributed by atoms with E-state index >= 15 is 0 Å². The fourth-order valence-electron chi connectivity index (χ4n) is 3.74. The number of unbranched alkanes of at least 4 members (excludes halogenated alkanes) is 2. The smallest absolute Gasteiger partial charge is 0.0708 e. The Morgan fingerprint density at radius 3 is 2.68 bits per heavy atom. The first-order chi connectivity index (χ1) is 9.24. The molecule has 2 unspecified atom stereocenters. The Kier molecular flexibility index (Phi) is 6.15. The van der Waals surface area contributed by atoms with E-state index in [-0.39, 0.29) is 5.60 Å². The minimum atomic E-state index is 0.288. The molecule has 112 valence electrons. The molecule has 1 saturated heterocycles. The van der Waals surface area contributed by atoms with Crippen LogP contribution in [-0.2, 0) is 4.74 Å². The molecule has 1 aliphatic heterocycles. The van der Waals surface area contributed by atoms with Crippen LogP contribution in [0.5, 0.6) is 0 Å². The predicted molar refractivity (Wildman–Crippen MR) is 81.5 cm³/mol. The molecule has 1 aliphatic carbocycles. The molecule has 0 amide bonds. The van der Waals surface area contributed by atoms with E-state index in [9.17, 15) is 0 Å². The lowest BCUT2D eigenvalue weighted by Gasteiger charge is -2.33. The Balaban J connectivity index is 1.62. The highest BCUT2D eigenvalue weighted by molar-refractivity contribution is 4.91. The molecule has 2 rings (SSSR count). The monoisotopic (exact) mass is 267 g/mol. The largest absolute Gasteiger partial charge is 0.370 e. The van der Waals surface area contributed by atoms with Gasteiger partial charge in [0.05, 0.1) is 11.7 Å². The second-order valence-corrected chi connectivity index (χ2v) is 6.83. The van der Waals surface area contributed by atoms with Crippen molar-refractivity contribution in [3.05, 3.63) is 0 Å². The number of rotatable bonds is 7. The Bertz CT molecular complexity index is 248. The Morgan fingerprint density at radius 2 is 1.95 bits per heavy atom. The Hall–Kier alpha value is -0.0800. The van der Waals surface area contributed by atoms with E-state index in [4.69, 9.17) is 4.74 Å². The quantitative estimate of drug-likeness (QED) is 0.689. The van der Waals surface area contributed by atoms with Gasteiger partial charge in [-0.05, 0) is 39.0 Å². The van der Waals surface area contributed by atoms with E-state index in [1.165, 1.54) is 70.6 Å². The number of nitrogens with one attached hydrogen (secondary N) is 1. The maximum Gasteiger partial charge on any atom is 0.0708 e. The molecule has 1 N–H and O–H groups in total. The average molecular weight is 267 g/mol. The van der Waals surface area contributed by atoms with Crippen LogP contribution in [-0.4, -0.2) is 24.3 Å². The summed E-state index contributed by atoms with van der Waals surface area (Å²) in [6.07, 6.45) is 15.2. The number of hydrogen-bond donors (Lipinski definition) is 1. The standard InChI is InChI=1S/C17H33NO/c1-3-4-6-9-15(2)18-14-16-10-13-17(19-16)11-7-5-8-12-17/h15-16,18H,3-14H2,1-2H3. The predicted octanol–water partition coefficient (Wildman–Crippen LogP) is 4.43. The molecule has 0 aromatic carbocycles. The summed E-state index contributed by atoms with van der Waals surface area (Å²) in [4.78, 5) is 0. The van der Waals surface area contributed by atoms with E-state index in [1.54, 1.807) is 0 Å². The third-order valence-corrected chi connectivity index (χ3v) is 5.04. The summed E-state index contributed by atoms with van der Waals surface area (Å²) in [6, 6.07) is 0.651. The number of ether oxygens (including phenoxy) is 1. The van der Waals surface area contributed by atoms with Crippen molar-refractivity contribution in [2.24, 2.45) is 0 Å². The lowest BCUT2D eigenvalue weighted by molar-refractivity contribution is -0.0629. The molecule has 0 aromatic heterocycles.